The number of benzene rings is 2. The lowest BCUT2D eigenvalue weighted by Gasteiger charge is -2.35. The van der Waals surface area contributed by atoms with Crippen molar-refractivity contribution < 1.29 is 28.8 Å². The van der Waals surface area contributed by atoms with E-state index in [9.17, 15) is 24.5 Å². The highest BCUT2D eigenvalue weighted by atomic mass is 16.6. The number of fused-ring (bicyclic) bond motifs is 2. The zero-order valence-electron chi connectivity index (χ0n) is 18.6. The van der Waals surface area contributed by atoms with Crippen molar-refractivity contribution in [3.63, 3.8) is 0 Å². The van der Waals surface area contributed by atoms with E-state index in [4.69, 9.17) is 9.47 Å². The number of nitro benzene ring substituents is 1. The third-order valence-corrected chi connectivity index (χ3v) is 5.74. The Hall–Kier alpha value is -3.95. The summed E-state index contributed by atoms with van der Waals surface area (Å²) in [6.45, 7) is 4.94. The Bertz CT molecular complexity index is 1180. The number of anilines is 2. The molecule has 0 N–H and O–H groups in total. The van der Waals surface area contributed by atoms with Crippen LogP contribution in [0.2, 0.25) is 0 Å². The molecule has 2 unspecified atom stereocenters. The summed E-state index contributed by atoms with van der Waals surface area (Å²) in [5.41, 5.74) is 0.680. The summed E-state index contributed by atoms with van der Waals surface area (Å²) >= 11 is 0. The topological polar surface area (TPSA) is 119 Å². The van der Waals surface area contributed by atoms with Gasteiger partial charge in [0, 0.05) is 24.7 Å². The third kappa shape index (κ3) is 3.88. The van der Waals surface area contributed by atoms with Crippen LogP contribution < -0.4 is 19.3 Å². The molecule has 0 aromatic heterocycles. The first kappa shape index (κ1) is 22.3. The van der Waals surface area contributed by atoms with E-state index in [2.05, 4.69) is 0 Å². The molecule has 2 heterocycles. The van der Waals surface area contributed by atoms with Gasteiger partial charge in [0.25, 0.3) is 17.5 Å². The maximum Gasteiger partial charge on any atom is 0.271 e. The summed E-state index contributed by atoms with van der Waals surface area (Å²) in [5, 5.41) is 11.3. The molecule has 172 valence electrons. The molecular formula is C23H23N3O7. The second kappa shape index (κ2) is 8.19. The zero-order chi connectivity index (χ0) is 24.0. The number of likely N-dealkylation sites (N-methyl/N-ethyl adjacent to an activating group) is 1. The molecule has 2 aromatic rings. The van der Waals surface area contributed by atoms with Gasteiger partial charge in [-0.1, -0.05) is 13.8 Å². The van der Waals surface area contributed by atoms with E-state index in [-0.39, 0.29) is 35.3 Å². The Balaban J connectivity index is 1.69. The summed E-state index contributed by atoms with van der Waals surface area (Å²) in [5.74, 6) is -0.493. The van der Waals surface area contributed by atoms with E-state index < -0.39 is 28.8 Å². The first-order valence-electron chi connectivity index (χ1n) is 10.5. The predicted octanol–water partition coefficient (Wildman–Crippen LogP) is 2.97. The van der Waals surface area contributed by atoms with Gasteiger partial charge in [-0.2, -0.15) is 0 Å². The van der Waals surface area contributed by atoms with Crippen LogP contribution in [0.3, 0.4) is 0 Å². The molecule has 10 nitrogen and oxygen atoms in total. The highest BCUT2D eigenvalue weighted by Crippen LogP contribution is 2.39. The fourth-order valence-corrected chi connectivity index (χ4v) is 3.89. The van der Waals surface area contributed by atoms with E-state index in [0.717, 1.165) is 0 Å². The van der Waals surface area contributed by atoms with Crippen LogP contribution in [0.4, 0.5) is 17.1 Å². The Morgan fingerprint density at radius 2 is 1.73 bits per heavy atom. The molecular weight excluding hydrogens is 430 g/mol. The standard InChI is InChI=1S/C23H23N3O7/c1-12(2)21-23(29)25(17-10-15(26(30)31)6-8-20(17)33-21)11-18(27)14-5-7-19-16(9-14)24(4)22(28)13(3)32-19/h5-10,12-13,21H,11H2,1-4H3. The minimum atomic E-state index is -0.825. The van der Waals surface area contributed by atoms with E-state index >= 15 is 0 Å². The number of nitrogens with zero attached hydrogens (tertiary/aromatic N) is 3. The Morgan fingerprint density at radius 3 is 2.39 bits per heavy atom. The van der Waals surface area contributed by atoms with Crippen molar-refractivity contribution in [2.24, 2.45) is 5.92 Å². The Morgan fingerprint density at radius 1 is 1.06 bits per heavy atom. The summed E-state index contributed by atoms with van der Waals surface area (Å²) < 4.78 is 11.4. The maximum absolute atomic E-state index is 13.2. The fourth-order valence-electron chi connectivity index (χ4n) is 3.89. The molecule has 0 bridgehead atoms. The quantitative estimate of drug-likeness (QED) is 0.388. The number of non-ortho nitro benzene ring substituents is 1. The number of amides is 2. The average Bonchev–Trinajstić information content (AvgIpc) is 2.78. The third-order valence-electron chi connectivity index (χ3n) is 5.74. The normalized spacial score (nSPS) is 19.5. The number of carbonyl (C=O) groups is 3. The van der Waals surface area contributed by atoms with Gasteiger partial charge in [0.05, 0.1) is 22.8 Å². The molecule has 4 rings (SSSR count). The number of ether oxygens (including phenoxy) is 2. The molecule has 0 aliphatic carbocycles. The Labute approximate surface area is 189 Å². The summed E-state index contributed by atoms with van der Waals surface area (Å²) in [6, 6.07) is 8.68. The van der Waals surface area contributed by atoms with Gasteiger partial charge in [-0.05, 0) is 37.1 Å². The Kier molecular flexibility index (Phi) is 5.52. The highest BCUT2D eigenvalue weighted by Gasteiger charge is 2.38. The molecule has 0 spiro atoms. The average molecular weight is 453 g/mol. The molecule has 0 radical (unpaired) electrons. The van der Waals surface area contributed by atoms with Crippen molar-refractivity contribution in [2.75, 3.05) is 23.4 Å². The number of hydrogen-bond donors (Lipinski definition) is 0. The molecule has 0 saturated carbocycles. The summed E-state index contributed by atoms with van der Waals surface area (Å²) in [4.78, 5) is 51.9. The van der Waals surface area contributed by atoms with Crippen molar-refractivity contribution in [3.05, 3.63) is 52.1 Å². The molecule has 2 amide bonds. The summed E-state index contributed by atoms with van der Waals surface area (Å²) in [6.07, 6.45) is -1.45. The van der Waals surface area contributed by atoms with Crippen LogP contribution in [0.5, 0.6) is 11.5 Å². The van der Waals surface area contributed by atoms with Gasteiger partial charge in [-0.25, -0.2) is 0 Å². The second-order valence-electron chi connectivity index (χ2n) is 8.38. The largest absolute Gasteiger partial charge is 0.479 e. The van der Waals surface area contributed by atoms with Crippen molar-refractivity contribution in [3.8, 4) is 11.5 Å². The number of Topliss-reactive ketones (excluding diaryl/α,β-unsaturated/α-hetero) is 1. The van der Waals surface area contributed by atoms with Crippen LogP contribution in [0, 0.1) is 16.0 Å². The van der Waals surface area contributed by atoms with Crippen molar-refractivity contribution in [1.29, 1.82) is 0 Å². The molecule has 2 atom stereocenters. The molecule has 2 aromatic carbocycles. The van der Waals surface area contributed by atoms with Crippen LogP contribution in [0.1, 0.15) is 31.1 Å². The van der Waals surface area contributed by atoms with E-state index in [1.165, 1.54) is 28.0 Å². The van der Waals surface area contributed by atoms with Gasteiger partial charge in [0.1, 0.15) is 11.5 Å². The monoisotopic (exact) mass is 453 g/mol. The number of carbonyl (C=O) groups excluding carboxylic acids is 3. The molecule has 33 heavy (non-hydrogen) atoms. The lowest BCUT2D eigenvalue weighted by Crippen LogP contribution is -2.50. The zero-order valence-corrected chi connectivity index (χ0v) is 18.6. The summed E-state index contributed by atoms with van der Waals surface area (Å²) in [7, 11) is 1.60. The molecule has 2 aliphatic rings. The molecule has 0 fully saturated rings. The second-order valence-corrected chi connectivity index (χ2v) is 8.38. The number of nitro groups is 1. The lowest BCUT2D eigenvalue weighted by molar-refractivity contribution is -0.384. The molecule has 10 heteroatoms. The van der Waals surface area contributed by atoms with Crippen molar-refractivity contribution in [2.45, 2.75) is 33.0 Å². The van der Waals surface area contributed by atoms with Crippen LogP contribution in [-0.4, -0.2) is 48.3 Å². The molecule has 0 saturated heterocycles. The first-order valence-corrected chi connectivity index (χ1v) is 10.5. The number of rotatable bonds is 5. The van der Waals surface area contributed by atoms with Crippen LogP contribution in [0.15, 0.2) is 36.4 Å². The van der Waals surface area contributed by atoms with Gasteiger partial charge < -0.3 is 14.4 Å². The predicted molar refractivity (Wildman–Crippen MR) is 119 cm³/mol. The van der Waals surface area contributed by atoms with Crippen LogP contribution in [-0.2, 0) is 9.59 Å². The van der Waals surface area contributed by atoms with E-state index in [1.807, 2.05) is 13.8 Å². The van der Waals surface area contributed by atoms with E-state index in [0.29, 0.717) is 17.2 Å². The van der Waals surface area contributed by atoms with Gasteiger partial charge in [0.15, 0.2) is 18.0 Å². The highest BCUT2D eigenvalue weighted by molar-refractivity contribution is 6.09. The minimum absolute atomic E-state index is 0.168. The number of ketones is 1. The lowest BCUT2D eigenvalue weighted by atomic mass is 10.0. The fraction of sp³-hybridized carbons (Fsp3) is 0.348. The van der Waals surface area contributed by atoms with Crippen LogP contribution in [0.25, 0.3) is 0 Å². The first-order chi connectivity index (χ1) is 15.6. The van der Waals surface area contributed by atoms with Gasteiger partial charge >= 0.3 is 0 Å². The van der Waals surface area contributed by atoms with Gasteiger partial charge in [0.2, 0.25) is 0 Å². The maximum atomic E-state index is 13.2. The van der Waals surface area contributed by atoms with Crippen LogP contribution >= 0.6 is 0 Å². The SMILES string of the molecule is CC1Oc2ccc(C(=O)CN3C(=O)C(C(C)C)Oc4ccc([N+](=O)[O-])cc43)cc2N(C)C1=O. The number of hydrogen-bond acceptors (Lipinski definition) is 7. The smallest absolute Gasteiger partial charge is 0.271 e. The minimum Gasteiger partial charge on any atom is -0.479 e. The van der Waals surface area contributed by atoms with Gasteiger partial charge in [-0.3, -0.25) is 29.4 Å². The van der Waals surface area contributed by atoms with E-state index in [1.54, 1.807) is 32.2 Å². The van der Waals surface area contributed by atoms with Crippen molar-refractivity contribution >= 4 is 34.7 Å². The van der Waals surface area contributed by atoms with Crippen molar-refractivity contribution in [1.82, 2.24) is 0 Å². The molecule has 2 aliphatic heterocycles. The van der Waals surface area contributed by atoms with Gasteiger partial charge in [-0.15, -0.1) is 0 Å².